The molecule has 0 aliphatic carbocycles. The number of carbonyl (C=O) groups excluding carboxylic acids is 1. The molecule has 0 radical (unpaired) electrons. The molecule has 0 unspecified atom stereocenters. The maximum atomic E-state index is 12.2. The van der Waals surface area contributed by atoms with Crippen LogP contribution in [0.3, 0.4) is 0 Å². The summed E-state index contributed by atoms with van der Waals surface area (Å²) in [6.07, 6.45) is 0. The molecule has 3 rings (SSSR count). The van der Waals surface area contributed by atoms with Crippen molar-refractivity contribution in [1.82, 2.24) is 10.1 Å². The normalized spacial score (nSPS) is 10.4. The van der Waals surface area contributed by atoms with Crippen LogP contribution in [-0.4, -0.2) is 23.2 Å². The summed E-state index contributed by atoms with van der Waals surface area (Å²) in [5.74, 6) is 1.20. The molecule has 1 aromatic heterocycles. The zero-order valence-corrected chi connectivity index (χ0v) is 14.5. The molecular formula is C19H18N2O5. The highest BCUT2D eigenvalue weighted by molar-refractivity contribution is 5.90. The molecule has 7 nitrogen and oxygen atoms in total. The van der Waals surface area contributed by atoms with E-state index < -0.39 is 5.97 Å². The number of aryl methyl sites for hydroxylation is 1. The topological polar surface area (TPSA) is 83.7 Å². The SMILES string of the molecule is COc1cc(C(=O)OCc2nc(C)no2)ccc1OCc1ccccc1. The Hall–Kier alpha value is -3.35. The number of hydrogen-bond acceptors (Lipinski definition) is 7. The predicted octanol–water partition coefficient (Wildman–Crippen LogP) is 3.32. The van der Waals surface area contributed by atoms with Crippen LogP contribution < -0.4 is 9.47 Å². The summed E-state index contributed by atoms with van der Waals surface area (Å²) >= 11 is 0. The number of carbonyl (C=O) groups is 1. The third-order valence-corrected chi connectivity index (χ3v) is 3.53. The number of hydrogen-bond donors (Lipinski definition) is 0. The zero-order valence-electron chi connectivity index (χ0n) is 14.5. The molecule has 26 heavy (non-hydrogen) atoms. The van der Waals surface area contributed by atoms with Gasteiger partial charge in [0.1, 0.15) is 6.61 Å². The monoisotopic (exact) mass is 354 g/mol. The zero-order chi connectivity index (χ0) is 18.4. The van der Waals surface area contributed by atoms with Crippen molar-refractivity contribution in [2.24, 2.45) is 0 Å². The van der Waals surface area contributed by atoms with Crippen LogP contribution in [0.15, 0.2) is 53.1 Å². The quantitative estimate of drug-likeness (QED) is 0.602. The molecule has 0 N–H and O–H groups in total. The Kier molecular flexibility index (Phi) is 5.48. The van der Waals surface area contributed by atoms with Crippen LogP contribution in [-0.2, 0) is 18.0 Å². The minimum atomic E-state index is -0.520. The summed E-state index contributed by atoms with van der Waals surface area (Å²) in [5, 5.41) is 3.64. The number of ether oxygens (including phenoxy) is 3. The number of aromatic nitrogens is 2. The molecule has 0 aliphatic heterocycles. The number of rotatable bonds is 7. The average Bonchev–Trinajstić information content (AvgIpc) is 3.10. The van der Waals surface area contributed by atoms with Crippen molar-refractivity contribution in [3.05, 3.63) is 71.4 Å². The number of methoxy groups -OCH3 is 1. The van der Waals surface area contributed by atoms with E-state index in [2.05, 4.69) is 10.1 Å². The summed E-state index contributed by atoms with van der Waals surface area (Å²) in [6.45, 7) is 2.00. The summed E-state index contributed by atoms with van der Waals surface area (Å²) in [4.78, 5) is 16.2. The van der Waals surface area contributed by atoms with E-state index in [4.69, 9.17) is 18.7 Å². The van der Waals surface area contributed by atoms with Crippen LogP contribution in [0.4, 0.5) is 0 Å². The van der Waals surface area contributed by atoms with Crippen LogP contribution >= 0.6 is 0 Å². The number of nitrogens with zero attached hydrogens (tertiary/aromatic N) is 2. The summed E-state index contributed by atoms with van der Waals surface area (Å²) in [6, 6.07) is 14.6. The van der Waals surface area contributed by atoms with Gasteiger partial charge >= 0.3 is 5.97 Å². The van der Waals surface area contributed by atoms with E-state index in [-0.39, 0.29) is 12.5 Å². The van der Waals surface area contributed by atoms with Crippen molar-refractivity contribution in [1.29, 1.82) is 0 Å². The van der Waals surface area contributed by atoms with Crippen LogP contribution in [0.25, 0.3) is 0 Å². The Balaban J connectivity index is 1.64. The molecule has 0 amide bonds. The summed E-state index contributed by atoms with van der Waals surface area (Å²) in [7, 11) is 1.51. The highest BCUT2D eigenvalue weighted by atomic mass is 16.6. The summed E-state index contributed by atoms with van der Waals surface area (Å²) < 4.78 is 21.2. The Bertz CT molecular complexity index is 877. The highest BCUT2D eigenvalue weighted by Gasteiger charge is 2.14. The number of benzene rings is 2. The standard InChI is InChI=1S/C19H18N2O5/c1-13-20-18(26-21-13)12-25-19(22)15-8-9-16(17(10-15)23-2)24-11-14-6-4-3-5-7-14/h3-10H,11-12H2,1-2H3. The van der Waals surface area contributed by atoms with E-state index in [1.165, 1.54) is 7.11 Å². The second-order valence-electron chi connectivity index (χ2n) is 5.45. The van der Waals surface area contributed by atoms with Crippen LogP contribution in [0.5, 0.6) is 11.5 Å². The van der Waals surface area contributed by atoms with Gasteiger partial charge in [-0.15, -0.1) is 0 Å². The summed E-state index contributed by atoms with van der Waals surface area (Å²) in [5.41, 5.74) is 1.37. The van der Waals surface area contributed by atoms with Crippen molar-refractivity contribution < 1.29 is 23.5 Å². The van der Waals surface area contributed by atoms with Gasteiger partial charge in [0.25, 0.3) is 5.89 Å². The van der Waals surface area contributed by atoms with E-state index in [0.29, 0.717) is 29.5 Å². The molecule has 7 heteroatoms. The third-order valence-electron chi connectivity index (χ3n) is 3.53. The molecule has 134 valence electrons. The van der Waals surface area contributed by atoms with Crippen molar-refractivity contribution in [2.45, 2.75) is 20.1 Å². The van der Waals surface area contributed by atoms with Crippen molar-refractivity contribution in [3.63, 3.8) is 0 Å². The van der Waals surface area contributed by atoms with E-state index in [1.54, 1.807) is 25.1 Å². The van der Waals surface area contributed by atoms with Crippen LogP contribution in [0, 0.1) is 6.92 Å². The lowest BCUT2D eigenvalue weighted by Crippen LogP contribution is -2.06. The predicted molar refractivity (Wildman–Crippen MR) is 91.9 cm³/mol. The lowest BCUT2D eigenvalue weighted by atomic mass is 10.2. The van der Waals surface area contributed by atoms with Gasteiger partial charge in [0, 0.05) is 0 Å². The second-order valence-corrected chi connectivity index (χ2v) is 5.45. The van der Waals surface area contributed by atoms with Gasteiger partial charge in [0.2, 0.25) is 0 Å². The molecule has 2 aromatic carbocycles. The molecule has 0 spiro atoms. The minimum Gasteiger partial charge on any atom is -0.493 e. The Morgan fingerprint density at radius 1 is 1.08 bits per heavy atom. The first-order valence-corrected chi connectivity index (χ1v) is 7.97. The third kappa shape index (κ3) is 4.38. The molecule has 3 aromatic rings. The first-order valence-electron chi connectivity index (χ1n) is 7.97. The maximum absolute atomic E-state index is 12.2. The van der Waals surface area contributed by atoms with Gasteiger partial charge in [-0.05, 0) is 30.7 Å². The van der Waals surface area contributed by atoms with Crippen LogP contribution in [0.2, 0.25) is 0 Å². The molecule has 1 heterocycles. The average molecular weight is 354 g/mol. The van der Waals surface area contributed by atoms with E-state index >= 15 is 0 Å². The van der Waals surface area contributed by atoms with Gasteiger partial charge < -0.3 is 18.7 Å². The molecule has 0 fully saturated rings. The molecular weight excluding hydrogens is 336 g/mol. The smallest absolute Gasteiger partial charge is 0.338 e. The fourth-order valence-electron chi connectivity index (χ4n) is 2.26. The van der Waals surface area contributed by atoms with Gasteiger partial charge in [-0.3, -0.25) is 0 Å². The van der Waals surface area contributed by atoms with Gasteiger partial charge in [-0.1, -0.05) is 35.5 Å². The fourth-order valence-corrected chi connectivity index (χ4v) is 2.26. The Morgan fingerprint density at radius 3 is 2.58 bits per heavy atom. The van der Waals surface area contributed by atoms with Gasteiger partial charge in [0.15, 0.2) is 23.9 Å². The molecule has 0 bridgehead atoms. The molecule has 0 saturated heterocycles. The maximum Gasteiger partial charge on any atom is 0.338 e. The lowest BCUT2D eigenvalue weighted by molar-refractivity contribution is 0.0429. The molecule has 0 atom stereocenters. The van der Waals surface area contributed by atoms with E-state index in [0.717, 1.165) is 5.56 Å². The van der Waals surface area contributed by atoms with E-state index in [1.807, 2.05) is 30.3 Å². The highest BCUT2D eigenvalue weighted by Crippen LogP contribution is 2.29. The van der Waals surface area contributed by atoms with Crippen LogP contribution in [0.1, 0.15) is 27.6 Å². The molecule has 0 saturated carbocycles. The van der Waals surface area contributed by atoms with Gasteiger partial charge in [-0.2, -0.15) is 4.98 Å². The first-order chi connectivity index (χ1) is 12.7. The first kappa shape index (κ1) is 17.5. The van der Waals surface area contributed by atoms with Crippen molar-refractivity contribution >= 4 is 5.97 Å². The minimum absolute atomic E-state index is 0.0890. The second kappa shape index (κ2) is 8.15. The Labute approximate surface area is 150 Å². The molecule has 0 aliphatic rings. The van der Waals surface area contributed by atoms with Crippen molar-refractivity contribution in [2.75, 3.05) is 7.11 Å². The van der Waals surface area contributed by atoms with Gasteiger partial charge in [0.05, 0.1) is 12.7 Å². The Morgan fingerprint density at radius 2 is 1.88 bits per heavy atom. The van der Waals surface area contributed by atoms with Crippen molar-refractivity contribution in [3.8, 4) is 11.5 Å². The van der Waals surface area contributed by atoms with E-state index in [9.17, 15) is 4.79 Å². The van der Waals surface area contributed by atoms with Gasteiger partial charge in [-0.25, -0.2) is 4.79 Å². The lowest BCUT2D eigenvalue weighted by Gasteiger charge is -2.12. The fraction of sp³-hybridized carbons (Fsp3) is 0.211. The number of esters is 1. The largest absolute Gasteiger partial charge is 0.493 e.